The lowest BCUT2D eigenvalue weighted by Crippen LogP contribution is -1.79. The molecule has 3 rings (SSSR count). The number of nitrogens with two attached hydrogens (primary N) is 1. The number of H-pyrrole nitrogens is 1. The Morgan fingerprint density at radius 2 is 1.59 bits per heavy atom. The number of imidazole rings is 1. The summed E-state index contributed by atoms with van der Waals surface area (Å²) < 4.78 is 0. The van der Waals surface area contributed by atoms with Gasteiger partial charge in [-0.2, -0.15) is 0 Å². The van der Waals surface area contributed by atoms with Gasteiger partial charge >= 0.3 is 0 Å². The van der Waals surface area contributed by atoms with Gasteiger partial charge in [-0.25, -0.2) is 4.98 Å². The molecule has 1 aromatic heterocycles. The van der Waals surface area contributed by atoms with Crippen molar-refractivity contribution in [2.24, 2.45) is 0 Å². The summed E-state index contributed by atoms with van der Waals surface area (Å²) in [6.45, 7) is 1.96. The molecule has 0 aliphatic heterocycles. The number of aryl methyl sites for hydroxylation is 1. The van der Waals surface area contributed by atoms with Gasteiger partial charge in [0.25, 0.3) is 0 Å². The van der Waals surface area contributed by atoms with Crippen LogP contribution in [0.15, 0.2) is 54.6 Å². The molecular weight excluding hydrogens is 210 g/mol. The first-order chi connectivity index (χ1) is 8.25. The van der Waals surface area contributed by atoms with E-state index in [-0.39, 0.29) is 0 Å². The standard InChI is InChI=1S/C8H8N2.C6H7N/c1-6-9-7-4-2-3-5-8(7)10-6;7-6-4-2-1-3-5-6/h2-5H,1H3,(H,9,10);1-5H,7H2. The second kappa shape index (κ2) is 5.16. The average Bonchev–Trinajstić information content (AvgIpc) is 2.71. The van der Waals surface area contributed by atoms with Crippen molar-refractivity contribution in [2.75, 3.05) is 5.73 Å². The molecule has 0 atom stereocenters. The molecule has 0 unspecified atom stereocenters. The van der Waals surface area contributed by atoms with Crippen molar-refractivity contribution < 1.29 is 0 Å². The van der Waals surface area contributed by atoms with Gasteiger partial charge in [-0.15, -0.1) is 0 Å². The summed E-state index contributed by atoms with van der Waals surface area (Å²) in [6, 6.07) is 17.5. The number of hydrogen-bond donors (Lipinski definition) is 2. The first-order valence-electron chi connectivity index (χ1n) is 5.47. The molecule has 0 bridgehead atoms. The summed E-state index contributed by atoms with van der Waals surface area (Å²) >= 11 is 0. The zero-order valence-corrected chi connectivity index (χ0v) is 9.72. The molecule has 0 saturated heterocycles. The zero-order valence-electron chi connectivity index (χ0n) is 9.72. The number of benzene rings is 2. The third kappa shape index (κ3) is 3.08. The van der Waals surface area contributed by atoms with Crippen LogP contribution >= 0.6 is 0 Å². The van der Waals surface area contributed by atoms with E-state index in [1.807, 2.05) is 61.5 Å². The molecule has 0 fully saturated rings. The molecule has 0 aliphatic rings. The molecule has 86 valence electrons. The van der Waals surface area contributed by atoms with E-state index in [0.29, 0.717) is 0 Å². The van der Waals surface area contributed by atoms with Gasteiger partial charge in [0.2, 0.25) is 0 Å². The number of fused-ring (bicyclic) bond motifs is 1. The molecule has 0 aliphatic carbocycles. The number of hydrogen-bond acceptors (Lipinski definition) is 2. The Hall–Kier alpha value is -2.29. The number of nitrogens with one attached hydrogen (secondary N) is 1. The fourth-order valence-corrected chi connectivity index (χ4v) is 1.53. The number of nitrogens with zero attached hydrogens (tertiary/aromatic N) is 1. The summed E-state index contributed by atoms with van der Waals surface area (Å²) in [6.07, 6.45) is 0. The van der Waals surface area contributed by atoms with Gasteiger partial charge in [0.15, 0.2) is 0 Å². The lowest BCUT2D eigenvalue weighted by Gasteiger charge is -1.83. The first-order valence-corrected chi connectivity index (χ1v) is 5.47. The molecule has 0 spiro atoms. The van der Waals surface area contributed by atoms with Crippen LogP contribution in [-0.2, 0) is 0 Å². The van der Waals surface area contributed by atoms with E-state index in [9.17, 15) is 0 Å². The van der Waals surface area contributed by atoms with Crippen molar-refractivity contribution in [1.29, 1.82) is 0 Å². The van der Waals surface area contributed by atoms with Crippen LogP contribution in [0.25, 0.3) is 11.0 Å². The number of aromatic nitrogens is 2. The van der Waals surface area contributed by atoms with Crippen molar-refractivity contribution in [3.63, 3.8) is 0 Å². The van der Waals surface area contributed by atoms with Gasteiger partial charge in [0.05, 0.1) is 11.0 Å². The Morgan fingerprint density at radius 3 is 2.18 bits per heavy atom. The molecule has 3 heteroatoms. The highest BCUT2D eigenvalue weighted by molar-refractivity contribution is 5.74. The largest absolute Gasteiger partial charge is 0.399 e. The van der Waals surface area contributed by atoms with Crippen LogP contribution in [0.5, 0.6) is 0 Å². The van der Waals surface area contributed by atoms with Gasteiger partial charge in [-0.05, 0) is 31.2 Å². The minimum atomic E-state index is 0.822. The van der Waals surface area contributed by atoms with Gasteiger partial charge < -0.3 is 10.7 Å². The summed E-state index contributed by atoms with van der Waals surface area (Å²) in [5.74, 6) is 0.973. The van der Waals surface area contributed by atoms with E-state index >= 15 is 0 Å². The molecule has 0 saturated carbocycles. The van der Waals surface area contributed by atoms with Gasteiger partial charge in [-0.1, -0.05) is 30.3 Å². The topological polar surface area (TPSA) is 54.7 Å². The Bertz CT molecular complexity index is 551. The number of anilines is 1. The maximum atomic E-state index is 5.36. The van der Waals surface area contributed by atoms with Crippen LogP contribution in [0.2, 0.25) is 0 Å². The van der Waals surface area contributed by atoms with Crippen molar-refractivity contribution in [3.05, 3.63) is 60.4 Å². The van der Waals surface area contributed by atoms with Crippen LogP contribution in [0.1, 0.15) is 5.82 Å². The Labute approximate surface area is 100 Å². The Morgan fingerprint density at radius 1 is 0.941 bits per heavy atom. The third-order valence-electron chi connectivity index (χ3n) is 2.31. The second-order valence-electron chi connectivity index (χ2n) is 3.75. The van der Waals surface area contributed by atoms with Crippen LogP contribution in [0, 0.1) is 6.92 Å². The fraction of sp³-hybridized carbons (Fsp3) is 0.0714. The molecule has 2 aromatic carbocycles. The molecule has 17 heavy (non-hydrogen) atoms. The number of rotatable bonds is 0. The maximum Gasteiger partial charge on any atom is 0.104 e. The van der Waals surface area contributed by atoms with Crippen molar-refractivity contribution >= 4 is 16.7 Å². The normalized spacial score (nSPS) is 9.71. The fourth-order valence-electron chi connectivity index (χ4n) is 1.53. The van der Waals surface area contributed by atoms with Crippen LogP contribution < -0.4 is 5.73 Å². The minimum absolute atomic E-state index is 0.822. The van der Waals surface area contributed by atoms with Crippen molar-refractivity contribution in [3.8, 4) is 0 Å². The zero-order chi connectivity index (χ0) is 12.1. The SMILES string of the molecule is Cc1nc2ccccc2[nH]1.Nc1ccccc1. The monoisotopic (exact) mass is 225 g/mol. The first kappa shape index (κ1) is 11.2. The molecule has 1 heterocycles. The van der Waals surface area contributed by atoms with Crippen molar-refractivity contribution in [2.45, 2.75) is 6.92 Å². The lowest BCUT2D eigenvalue weighted by atomic mass is 10.3. The molecule has 0 amide bonds. The highest BCUT2D eigenvalue weighted by Gasteiger charge is 1.93. The van der Waals surface area contributed by atoms with E-state index in [1.54, 1.807) is 0 Å². The molecular formula is C14H15N3. The van der Waals surface area contributed by atoms with E-state index < -0.39 is 0 Å². The number of para-hydroxylation sites is 3. The van der Waals surface area contributed by atoms with Gasteiger partial charge in [0.1, 0.15) is 5.82 Å². The van der Waals surface area contributed by atoms with E-state index in [0.717, 1.165) is 22.5 Å². The van der Waals surface area contributed by atoms with E-state index in [2.05, 4.69) is 9.97 Å². The molecule has 3 aromatic rings. The maximum absolute atomic E-state index is 5.36. The van der Waals surface area contributed by atoms with E-state index in [1.165, 1.54) is 0 Å². The second-order valence-corrected chi connectivity index (χ2v) is 3.75. The highest BCUT2D eigenvalue weighted by atomic mass is 14.9. The quantitative estimate of drug-likeness (QED) is 0.577. The molecule has 3 N–H and O–H groups in total. The predicted octanol–water partition coefficient (Wildman–Crippen LogP) is 3.14. The molecule has 0 radical (unpaired) electrons. The minimum Gasteiger partial charge on any atom is -0.399 e. The predicted molar refractivity (Wildman–Crippen MR) is 71.7 cm³/mol. The molecule has 3 nitrogen and oxygen atoms in total. The third-order valence-corrected chi connectivity index (χ3v) is 2.31. The lowest BCUT2D eigenvalue weighted by molar-refractivity contribution is 1.17. The number of aromatic amines is 1. The van der Waals surface area contributed by atoms with Crippen LogP contribution in [-0.4, -0.2) is 9.97 Å². The Balaban J connectivity index is 0.000000136. The summed E-state index contributed by atoms with van der Waals surface area (Å²) in [4.78, 5) is 7.40. The van der Waals surface area contributed by atoms with Gasteiger partial charge in [-0.3, -0.25) is 0 Å². The summed E-state index contributed by atoms with van der Waals surface area (Å²) in [5.41, 5.74) is 8.33. The highest BCUT2D eigenvalue weighted by Crippen LogP contribution is 2.08. The van der Waals surface area contributed by atoms with Crippen LogP contribution in [0.4, 0.5) is 5.69 Å². The summed E-state index contributed by atoms with van der Waals surface area (Å²) in [5, 5.41) is 0. The average molecular weight is 225 g/mol. The van der Waals surface area contributed by atoms with Crippen LogP contribution in [0.3, 0.4) is 0 Å². The number of nitrogen functional groups attached to an aromatic ring is 1. The van der Waals surface area contributed by atoms with E-state index in [4.69, 9.17) is 5.73 Å². The Kier molecular flexibility index (Phi) is 3.40. The smallest absolute Gasteiger partial charge is 0.104 e. The van der Waals surface area contributed by atoms with Crippen molar-refractivity contribution in [1.82, 2.24) is 9.97 Å². The summed E-state index contributed by atoms with van der Waals surface area (Å²) in [7, 11) is 0. The van der Waals surface area contributed by atoms with Gasteiger partial charge in [0, 0.05) is 5.69 Å².